The summed E-state index contributed by atoms with van der Waals surface area (Å²) in [5.74, 6) is -0.321. The van der Waals surface area contributed by atoms with Gasteiger partial charge in [0, 0.05) is 38.3 Å². The normalized spacial score (nSPS) is 20.2. The molecule has 2 aliphatic heterocycles. The quantitative estimate of drug-likeness (QED) is 0.227. The molecule has 11 nitrogen and oxygen atoms in total. The predicted molar refractivity (Wildman–Crippen MR) is 123 cm³/mol. The first-order chi connectivity index (χ1) is 16.7. The van der Waals surface area contributed by atoms with E-state index in [1.165, 1.54) is 0 Å². The number of carbonyl (C=O) groups is 3. The van der Waals surface area contributed by atoms with E-state index in [-0.39, 0.29) is 63.2 Å². The minimum Gasteiger partial charge on any atom is -0.547 e. The molecule has 2 amide bonds. The van der Waals surface area contributed by atoms with E-state index in [2.05, 4.69) is 10.2 Å². The molecule has 0 bridgehead atoms. The zero-order valence-electron chi connectivity index (χ0n) is 21.9. The van der Waals surface area contributed by atoms with Crippen molar-refractivity contribution in [3.05, 3.63) is 17.7 Å². The molecular formula is C24H34KN3O8. The zero-order valence-corrected chi connectivity index (χ0v) is 25.0. The molecule has 194 valence electrons. The van der Waals surface area contributed by atoms with E-state index in [4.69, 9.17) is 18.9 Å². The largest absolute Gasteiger partial charge is 1.00 e. The number of epoxide rings is 1. The summed E-state index contributed by atoms with van der Waals surface area (Å²) >= 11 is 0. The van der Waals surface area contributed by atoms with E-state index in [0.29, 0.717) is 56.4 Å². The minimum atomic E-state index is -1.43. The summed E-state index contributed by atoms with van der Waals surface area (Å²) in [6.45, 7) is 6.81. The van der Waals surface area contributed by atoms with Gasteiger partial charge in [0.2, 0.25) is 11.7 Å². The smallest absolute Gasteiger partial charge is 0.547 e. The van der Waals surface area contributed by atoms with Crippen molar-refractivity contribution >= 4 is 17.8 Å². The second-order valence-electron chi connectivity index (χ2n) is 9.08. The summed E-state index contributed by atoms with van der Waals surface area (Å²) in [6, 6.07) is 3.03. The van der Waals surface area contributed by atoms with Crippen molar-refractivity contribution in [2.24, 2.45) is 5.92 Å². The molecule has 3 atom stereocenters. The van der Waals surface area contributed by atoms with Gasteiger partial charge >= 0.3 is 51.4 Å². The monoisotopic (exact) mass is 531 g/mol. The number of hydrogen-bond acceptors (Lipinski definition) is 9. The second kappa shape index (κ2) is 13.9. The van der Waals surface area contributed by atoms with Gasteiger partial charge in [-0.15, -0.1) is 0 Å². The molecule has 12 heteroatoms. The molecule has 0 saturated carbocycles. The van der Waals surface area contributed by atoms with Crippen molar-refractivity contribution in [1.29, 1.82) is 0 Å². The van der Waals surface area contributed by atoms with Gasteiger partial charge in [-0.25, -0.2) is 0 Å². The van der Waals surface area contributed by atoms with Crippen molar-refractivity contribution in [1.82, 2.24) is 15.1 Å². The van der Waals surface area contributed by atoms with Crippen molar-refractivity contribution in [3.63, 3.8) is 0 Å². The number of piperazine rings is 1. The standard InChI is InChI=1S/C24H35N3O8.K/c1-14(2)12-16(25-22(28)20-21(35-20)24(30)31)23(29)27-10-8-26(9-11-27)13-15-6-7-17(32-3)19(34-5)18(15)33-4;/h6-7,14,16,20-21H,8-13H2,1-5H3,(H,25,28)(H,30,31);/q;+1/p-1/t16-,20+,21+;/m0./s1. The fourth-order valence-corrected chi connectivity index (χ4v) is 4.31. The van der Waals surface area contributed by atoms with Crippen molar-refractivity contribution in [3.8, 4) is 17.2 Å². The first kappa shape index (κ1) is 30.8. The Morgan fingerprint density at radius 1 is 1.03 bits per heavy atom. The van der Waals surface area contributed by atoms with E-state index in [1.54, 1.807) is 26.2 Å². The summed E-state index contributed by atoms with van der Waals surface area (Å²) in [7, 11) is 4.72. The topological polar surface area (TPSA) is 133 Å². The summed E-state index contributed by atoms with van der Waals surface area (Å²) in [5.41, 5.74) is 0.946. The third-order valence-electron chi connectivity index (χ3n) is 6.17. The van der Waals surface area contributed by atoms with Gasteiger partial charge in [0.1, 0.15) is 12.1 Å². The summed E-state index contributed by atoms with van der Waals surface area (Å²) in [6.07, 6.45) is -1.91. The molecule has 1 aromatic carbocycles. The Bertz CT molecular complexity index is 936. The molecule has 1 aromatic rings. The molecule has 0 unspecified atom stereocenters. The van der Waals surface area contributed by atoms with Crippen LogP contribution in [0.4, 0.5) is 0 Å². The predicted octanol–water partition coefficient (Wildman–Crippen LogP) is -3.59. The molecule has 2 fully saturated rings. The number of nitrogens with zero attached hydrogens (tertiary/aromatic N) is 2. The molecule has 2 heterocycles. The van der Waals surface area contributed by atoms with Crippen LogP contribution in [0.1, 0.15) is 25.8 Å². The number of carboxylic acid groups (broad SMARTS) is 1. The fourth-order valence-electron chi connectivity index (χ4n) is 4.31. The van der Waals surface area contributed by atoms with Gasteiger partial charge in [0.05, 0.1) is 27.3 Å². The summed E-state index contributed by atoms with van der Waals surface area (Å²) < 4.78 is 21.2. The van der Waals surface area contributed by atoms with Crippen LogP contribution in [0.5, 0.6) is 17.2 Å². The number of ether oxygens (including phenoxy) is 4. The maximum atomic E-state index is 13.2. The molecule has 36 heavy (non-hydrogen) atoms. The molecule has 3 rings (SSSR count). The van der Waals surface area contributed by atoms with Gasteiger partial charge in [-0.05, 0) is 18.4 Å². The third kappa shape index (κ3) is 7.56. The Balaban J connectivity index is 0.00000456. The van der Waals surface area contributed by atoms with Crippen LogP contribution in [0.3, 0.4) is 0 Å². The maximum absolute atomic E-state index is 13.2. The van der Waals surface area contributed by atoms with Crippen LogP contribution in [0.15, 0.2) is 12.1 Å². The van der Waals surface area contributed by atoms with Gasteiger partial charge < -0.3 is 39.1 Å². The van der Waals surface area contributed by atoms with Crippen LogP contribution in [-0.4, -0.2) is 93.3 Å². The van der Waals surface area contributed by atoms with Crippen LogP contribution >= 0.6 is 0 Å². The first-order valence-corrected chi connectivity index (χ1v) is 11.7. The molecule has 0 spiro atoms. The Kier molecular flexibility index (Phi) is 11.9. The number of carboxylic acids is 1. The number of nitrogens with one attached hydrogen (secondary N) is 1. The van der Waals surface area contributed by atoms with Crippen LogP contribution in [0.2, 0.25) is 0 Å². The van der Waals surface area contributed by atoms with Crippen LogP contribution in [-0.2, 0) is 25.7 Å². The van der Waals surface area contributed by atoms with Crippen molar-refractivity contribution < 1.29 is 89.8 Å². The number of hydrogen-bond donors (Lipinski definition) is 1. The number of amides is 2. The SMILES string of the molecule is COc1ccc(CN2CCN(C(=O)[C@H](CC(C)C)NC(=O)[C@@H]3O[C@H]3C(=O)[O-])CC2)c(OC)c1OC.[K+]. The molecule has 0 aliphatic carbocycles. The van der Waals surface area contributed by atoms with Gasteiger partial charge in [0.25, 0.3) is 5.91 Å². The summed E-state index contributed by atoms with van der Waals surface area (Å²) in [4.78, 5) is 40.4. The number of benzene rings is 1. The van der Waals surface area contributed by atoms with Crippen LogP contribution in [0, 0.1) is 5.92 Å². The molecule has 0 aromatic heterocycles. The van der Waals surface area contributed by atoms with E-state index in [1.807, 2.05) is 26.0 Å². The van der Waals surface area contributed by atoms with Gasteiger partial charge in [-0.3, -0.25) is 14.5 Å². The Morgan fingerprint density at radius 2 is 1.67 bits per heavy atom. The molecule has 1 N–H and O–H groups in total. The average Bonchev–Trinajstić information content (AvgIpc) is 3.64. The summed E-state index contributed by atoms with van der Waals surface area (Å²) in [5, 5.41) is 13.6. The second-order valence-corrected chi connectivity index (χ2v) is 9.08. The molecular weight excluding hydrogens is 497 g/mol. The minimum absolute atomic E-state index is 0. The Morgan fingerprint density at radius 3 is 2.17 bits per heavy atom. The van der Waals surface area contributed by atoms with Crippen molar-refractivity contribution in [2.75, 3.05) is 47.5 Å². The van der Waals surface area contributed by atoms with E-state index in [0.717, 1.165) is 5.56 Å². The van der Waals surface area contributed by atoms with Crippen molar-refractivity contribution in [2.45, 2.75) is 45.1 Å². The fraction of sp³-hybridized carbons (Fsp3) is 0.625. The van der Waals surface area contributed by atoms with Gasteiger partial charge in [0.15, 0.2) is 17.6 Å². The number of aliphatic carboxylic acids is 1. The maximum Gasteiger partial charge on any atom is 1.00 e. The molecule has 0 radical (unpaired) electrons. The van der Waals surface area contributed by atoms with Gasteiger partial charge in [-0.2, -0.15) is 0 Å². The number of methoxy groups -OCH3 is 3. The number of rotatable bonds is 11. The van der Waals surface area contributed by atoms with E-state index >= 15 is 0 Å². The third-order valence-corrected chi connectivity index (χ3v) is 6.17. The van der Waals surface area contributed by atoms with E-state index in [9.17, 15) is 19.5 Å². The number of carbonyl (C=O) groups excluding carboxylic acids is 3. The zero-order chi connectivity index (χ0) is 25.7. The van der Waals surface area contributed by atoms with Crippen LogP contribution in [0.25, 0.3) is 0 Å². The first-order valence-electron chi connectivity index (χ1n) is 11.7. The Hall–Kier alpha value is -1.41. The van der Waals surface area contributed by atoms with E-state index < -0.39 is 30.1 Å². The molecule has 2 saturated heterocycles. The Labute approximate surface area is 254 Å². The molecule has 2 aliphatic rings. The van der Waals surface area contributed by atoms with Crippen LogP contribution < -0.4 is 76.0 Å². The average molecular weight is 532 g/mol. The van der Waals surface area contributed by atoms with Gasteiger partial charge in [-0.1, -0.05) is 19.9 Å².